The Morgan fingerprint density at radius 2 is 1.59 bits per heavy atom. The zero-order valence-electron chi connectivity index (χ0n) is 14.2. The van der Waals surface area contributed by atoms with Crippen molar-refractivity contribution in [2.45, 2.75) is 59.9 Å². The molecule has 0 spiro atoms. The van der Waals surface area contributed by atoms with Crippen LogP contribution in [0.4, 0.5) is 0 Å². The van der Waals surface area contributed by atoms with Crippen molar-refractivity contribution in [3.8, 4) is 0 Å². The molecule has 0 rings (SSSR count). The summed E-state index contributed by atoms with van der Waals surface area (Å²) in [5, 5.41) is 8.18. The van der Waals surface area contributed by atoms with E-state index in [1.807, 2.05) is 34.6 Å². The first kappa shape index (κ1) is 20.5. The number of aliphatic imine (C=N–C) groups is 1. The SMILES string of the molecule is CCO[Si](CCCN=C=O)(ON=C(C)CC)ON=C(C)CC. The van der Waals surface area contributed by atoms with E-state index in [1.54, 1.807) is 0 Å². The molecule has 0 unspecified atom stereocenters. The van der Waals surface area contributed by atoms with E-state index in [0.717, 1.165) is 24.3 Å². The summed E-state index contributed by atoms with van der Waals surface area (Å²) in [6.07, 6.45) is 3.67. The largest absolute Gasteiger partial charge is 0.674 e. The number of rotatable bonds is 12. The molecule has 0 saturated heterocycles. The second-order valence-corrected chi connectivity index (χ2v) is 7.26. The molecule has 0 saturated carbocycles. The van der Waals surface area contributed by atoms with Gasteiger partial charge in [0.15, 0.2) is 0 Å². The summed E-state index contributed by atoms with van der Waals surface area (Å²) in [7, 11) is -3.07. The summed E-state index contributed by atoms with van der Waals surface area (Å²) in [4.78, 5) is 13.7. The Morgan fingerprint density at radius 1 is 1.05 bits per heavy atom. The lowest BCUT2D eigenvalue weighted by molar-refractivity contribution is 0.0670. The normalized spacial score (nSPS) is 15.0. The molecule has 126 valence electrons. The number of hydrogen-bond donors (Lipinski definition) is 0. The smallest absolute Gasteiger partial charge is 0.383 e. The monoisotopic (exact) mass is 329 g/mol. The number of nitrogens with zero attached hydrogens (tertiary/aromatic N) is 3. The van der Waals surface area contributed by atoms with Gasteiger partial charge in [-0.3, -0.25) is 0 Å². The molecular formula is C14H27N3O4Si. The Labute approximate surface area is 133 Å². The standard InChI is InChI=1S/C14H27N3O4Si/c1-6-13(4)16-20-22(19-8-3,11-9-10-15-12-18)21-17-14(5)7-2/h6-11H2,1-5H3. The number of hydrogen-bond acceptors (Lipinski definition) is 7. The van der Waals surface area contributed by atoms with Gasteiger partial charge in [0.1, 0.15) is 0 Å². The fraction of sp³-hybridized carbons (Fsp3) is 0.786. The van der Waals surface area contributed by atoms with Crippen LogP contribution in [0, 0.1) is 0 Å². The van der Waals surface area contributed by atoms with Crippen LogP contribution < -0.4 is 0 Å². The molecule has 8 heteroatoms. The molecule has 0 aromatic rings. The molecule has 0 radical (unpaired) electrons. The summed E-state index contributed by atoms with van der Waals surface area (Å²) in [6.45, 7) is 10.4. The molecule has 0 aliphatic rings. The molecule has 0 N–H and O–H groups in total. The van der Waals surface area contributed by atoms with Gasteiger partial charge in [-0.25, -0.2) is 9.79 Å². The minimum Gasteiger partial charge on any atom is -0.383 e. The van der Waals surface area contributed by atoms with Gasteiger partial charge in [-0.2, -0.15) is 0 Å². The van der Waals surface area contributed by atoms with Crippen molar-refractivity contribution >= 4 is 26.3 Å². The molecule has 0 aliphatic carbocycles. The molecule has 0 aliphatic heterocycles. The Hall–Kier alpha value is -1.50. The van der Waals surface area contributed by atoms with Crippen molar-refractivity contribution in [1.29, 1.82) is 0 Å². The van der Waals surface area contributed by atoms with Crippen LogP contribution in [0.1, 0.15) is 53.9 Å². The van der Waals surface area contributed by atoms with Crippen LogP contribution in [0.2, 0.25) is 6.04 Å². The van der Waals surface area contributed by atoms with Gasteiger partial charge < -0.3 is 13.5 Å². The van der Waals surface area contributed by atoms with Crippen LogP contribution in [0.15, 0.2) is 15.3 Å². The molecule has 0 amide bonds. The van der Waals surface area contributed by atoms with E-state index in [2.05, 4.69) is 15.3 Å². The second kappa shape index (κ2) is 12.1. The van der Waals surface area contributed by atoms with Gasteiger partial charge >= 0.3 is 8.80 Å². The average molecular weight is 329 g/mol. The van der Waals surface area contributed by atoms with E-state index >= 15 is 0 Å². The van der Waals surface area contributed by atoms with Gasteiger partial charge in [-0.05, 0) is 40.0 Å². The van der Waals surface area contributed by atoms with E-state index in [1.165, 1.54) is 6.08 Å². The summed E-state index contributed by atoms with van der Waals surface area (Å²) < 4.78 is 17.0. The van der Waals surface area contributed by atoms with Crippen LogP contribution in [0.5, 0.6) is 0 Å². The van der Waals surface area contributed by atoms with Crippen molar-refractivity contribution in [2.24, 2.45) is 15.3 Å². The van der Waals surface area contributed by atoms with Gasteiger partial charge in [0.25, 0.3) is 0 Å². The molecule has 0 heterocycles. The van der Waals surface area contributed by atoms with Crippen molar-refractivity contribution in [3.63, 3.8) is 0 Å². The molecule has 0 atom stereocenters. The van der Waals surface area contributed by atoms with Gasteiger partial charge in [0.2, 0.25) is 6.08 Å². The van der Waals surface area contributed by atoms with E-state index in [9.17, 15) is 4.79 Å². The average Bonchev–Trinajstić information content (AvgIpc) is 2.54. The summed E-state index contributed by atoms with van der Waals surface area (Å²) >= 11 is 0. The molecule has 0 aromatic heterocycles. The first-order chi connectivity index (χ1) is 10.5. The Balaban J connectivity index is 5.09. The van der Waals surface area contributed by atoms with E-state index in [-0.39, 0.29) is 0 Å². The molecule has 22 heavy (non-hydrogen) atoms. The molecule has 0 aromatic carbocycles. The third kappa shape index (κ3) is 8.71. The van der Waals surface area contributed by atoms with Gasteiger partial charge in [-0.15, -0.1) is 10.3 Å². The first-order valence-electron chi connectivity index (χ1n) is 7.64. The maximum absolute atomic E-state index is 10.1. The topological polar surface area (TPSA) is 81.8 Å². The highest BCUT2D eigenvalue weighted by molar-refractivity contribution is 6.60. The Morgan fingerprint density at radius 3 is 2.00 bits per heavy atom. The quantitative estimate of drug-likeness (QED) is 0.181. The number of oxime groups is 2. The van der Waals surface area contributed by atoms with Crippen LogP contribution in [0.3, 0.4) is 0 Å². The van der Waals surface area contributed by atoms with E-state index < -0.39 is 8.80 Å². The second-order valence-electron chi connectivity index (χ2n) is 4.74. The van der Waals surface area contributed by atoms with Gasteiger partial charge in [0, 0.05) is 12.7 Å². The van der Waals surface area contributed by atoms with Crippen LogP contribution in [-0.4, -0.2) is 39.5 Å². The van der Waals surface area contributed by atoms with Crippen molar-refractivity contribution < 1.29 is 18.3 Å². The van der Waals surface area contributed by atoms with Crippen LogP contribution in [-0.2, 0) is 18.3 Å². The van der Waals surface area contributed by atoms with Gasteiger partial charge in [-0.1, -0.05) is 13.8 Å². The minimum absolute atomic E-state index is 0.352. The minimum atomic E-state index is -3.07. The first-order valence-corrected chi connectivity index (χ1v) is 9.57. The summed E-state index contributed by atoms with van der Waals surface area (Å²) in [5.41, 5.74) is 1.70. The lowest BCUT2D eigenvalue weighted by atomic mass is 10.3. The molecule has 7 nitrogen and oxygen atoms in total. The van der Waals surface area contributed by atoms with E-state index in [0.29, 0.717) is 25.6 Å². The maximum Gasteiger partial charge on any atom is 0.674 e. The Kier molecular flexibility index (Phi) is 11.3. The number of carbonyl (C=O) groups excluding carboxylic acids is 1. The molecule has 0 bridgehead atoms. The highest BCUT2D eigenvalue weighted by atomic mass is 28.4. The fourth-order valence-electron chi connectivity index (χ4n) is 1.30. The summed E-state index contributed by atoms with van der Waals surface area (Å²) in [6, 6.07) is 0.479. The van der Waals surface area contributed by atoms with E-state index in [4.69, 9.17) is 13.5 Å². The van der Waals surface area contributed by atoms with Crippen LogP contribution in [0.25, 0.3) is 0 Å². The summed E-state index contributed by atoms with van der Waals surface area (Å²) in [5.74, 6) is 0. The van der Waals surface area contributed by atoms with Gasteiger partial charge in [0.05, 0.1) is 18.0 Å². The van der Waals surface area contributed by atoms with Crippen molar-refractivity contribution in [3.05, 3.63) is 0 Å². The maximum atomic E-state index is 10.1. The highest BCUT2D eigenvalue weighted by Crippen LogP contribution is 2.20. The number of isocyanates is 1. The van der Waals surface area contributed by atoms with Crippen molar-refractivity contribution in [2.75, 3.05) is 13.2 Å². The third-order valence-corrected chi connectivity index (χ3v) is 5.32. The lowest BCUT2D eigenvalue weighted by Crippen LogP contribution is -2.43. The molecular weight excluding hydrogens is 302 g/mol. The molecule has 0 fully saturated rings. The lowest BCUT2D eigenvalue weighted by Gasteiger charge is -2.24. The van der Waals surface area contributed by atoms with Crippen LogP contribution >= 0.6 is 0 Å². The highest BCUT2D eigenvalue weighted by Gasteiger charge is 2.47. The third-order valence-electron chi connectivity index (χ3n) is 2.89. The zero-order chi connectivity index (χ0) is 16.8. The fourth-order valence-corrected chi connectivity index (χ4v) is 3.38. The van der Waals surface area contributed by atoms with Crippen molar-refractivity contribution in [1.82, 2.24) is 0 Å². The Bertz CT molecular complexity index is 398. The predicted octanol–water partition coefficient (Wildman–Crippen LogP) is 3.29. The zero-order valence-corrected chi connectivity index (χ0v) is 15.2. The predicted molar refractivity (Wildman–Crippen MR) is 88.8 cm³/mol.